The van der Waals surface area contributed by atoms with Crippen LogP contribution in [0.4, 0.5) is 0 Å². The van der Waals surface area contributed by atoms with Crippen LogP contribution in [0.25, 0.3) is 0 Å². The molecule has 1 aromatic rings. The van der Waals surface area contributed by atoms with Gasteiger partial charge in [-0.05, 0) is 18.6 Å². The lowest BCUT2D eigenvalue weighted by Crippen LogP contribution is -2.33. The number of pyridine rings is 1. The number of carbonyl (C=O) groups is 2. The van der Waals surface area contributed by atoms with Crippen LogP contribution in [0.2, 0.25) is 0 Å². The molecule has 0 saturated carbocycles. The number of carbonyl (C=O) groups excluding carboxylic acids is 1. The molecule has 1 heterocycles. The fourth-order valence-electron chi connectivity index (χ4n) is 1.46. The number of hydrogen-bond donors (Lipinski definition) is 2. The van der Waals surface area contributed by atoms with E-state index in [-0.39, 0.29) is 12.5 Å². The molecular weight excluding hydrogens is 220 g/mol. The van der Waals surface area contributed by atoms with Gasteiger partial charge in [0.05, 0.1) is 5.92 Å². The first-order valence-electron chi connectivity index (χ1n) is 5.57. The number of hydrogen-bond acceptors (Lipinski definition) is 3. The molecule has 0 bridgehead atoms. The number of carboxylic acids is 1. The van der Waals surface area contributed by atoms with Crippen LogP contribution in [0.1, 0.15) is 30.3 Å². The highest BCUT2D eigenvalue weighted by molar-refractivity contribution is 5.92. The molecule has 17 heavy (non-hydrogen) atoms. The normalized spacial score (nSPS) is 11.8. The largest absolute Gasteiger partial charge is 0.481 e. The van der Waals surface area contributed by atoms with Crippen molar-refractivity contribution in [3.63, 3.8) is 0 Å². The van der Waals surface area contributed by atoms with Gasteiger partial charge in [0.15, 0.2) is 0 Å². The lowest BCUT2D eigenvalue weighted by Gasteiger charge is -2.11. The molecule has 0 fully saturated rings. The lowest BCUT2D eigenvalue weighted by atomic mass is 10.0. The quantitative estimate of drug-likeness (QED) is 0.780. The van der Waals surface area contributed by atoms with Crippen molar-refractivity contribution < 1.29 is 14.7 Å². The van der Waals surface area contributed by atoms with Gasteiger partial charge in [0.25, 0.3) is 5.91 Å². The van der Waals surface area contributed by atoms with E-state index in [1.807, 2.05) is 6.92 Å². The highest BCUT2D eigenvalue weighted by Crippen LogP contribution is 2.05. The average molecular weight is 236 g/mol. The monoisotopic (exact) mass is 236 g/mol. The molecule has 5 nitrogen and oxygen atoms in total. The highest BCUT2D eigenvalue weighted by Gasteiger charge is 2.17. The van der Waals surface area contributed by atoms with Crippen LogP contribution in [0.15, 0.2) is 24.4 Å². The van der Waals surface area contributed by atoms with E-state index in [2.05, 4.69) is 10.3 Å². The van der Waals surface area contributed by atoms with Gasteiger partial charge in [0, 0.05) is 12.7 Å². The zero-order valence-corrected chi connectivity index (χ0v) is 9.72. The third-order valence-electron chi connectivity index (χ3n) is 2.39. The van der Waals surface area contributed by atoms with Crippen LogP contribution in [0.5, 0.6) is 0 Å². The van der Waals surface area contributed by atoms with E-state index in [0.29, 0.717) is 12.1 Å². The average Bonchev–Trinajstić information content (AvgIpc) is 2.34. The van der Waals surface area contributed by atoms with Gasteiger partial charge >= 0.3 is 5.97 Å². The Kier molecular flexibility index (Phi) is 5.13. The van der Waals surface area contributed by atoms with Gasteiger partial charge in [-0.2, -0.15) is 0 Å². The predicted molar refractivity (Wildman–Crippen MR) is 62.6 cm³/mol. The van der Waals surface area contributed by atoms with Crippen LogP contribution in [0, 0.1) is 5.92 Å². The Balaban J connectivity index is 2.49. The van der Waals surface area contributed by atoms with Crippen LogP contribution in [0.3, 0.4) is 0 Å². The van der Waals surface area contributed by atoms with Crippen LogP contribution in [-0.4, -0.2) is 28.5 Å². The molecule has 0 aliphatic carbocycles. The highest BCUT2D eigenvalue weighted by atomic mass is 16.4. The predicted octanol–water partition coefficient (Wildman–Crippen LogP) is 1.31. The smallest absolute Gasteiger partial charge is 0.308 e. The summed E-state index contributed by atoms with van der Waals surface area (Å²) in [5.74, 6) is -1.76. The summed E-state index contributed by atoms with van der Waals surface area (Å²) in [5.41, 5.74) is 0.299. The molecule has 0 radical (unpaired) electrons. The van der Waals surface area contributed by atoms with Gasteiger partial charge in [-0.3, -0.25) is 14.6 Å². The number of nitrogens with one attached hydrogen (secondary N) is 1. The molecule has 1 rings (SSSR count). The van der Waals surface area contributed by atoms with Crippen molar-refractivity contribution in [1.82, 2.24) is 10.3 Å². The van der Waals surface area contributed by atoms with Crippen molar-refractivity contribution in [2.24, 2.45) is 5.92 Å². The Hall–Kier alpha value is -1.91. The number of nitrogens with zero attached hydrogens (tertiary/aromatic N) is 1. The lowest BCUT2D eigenvalue weighted by molar-refractivity contribution is -0.141. The first-order valence-corrected chi connectivity index (χ1v) is 5.57. The van der Waals surface area contributed by atoms with Crippen LogP contribution in [-0.2, 0) is 4.79 Å². The number of rotatable bonds is 6. The zero-order chi connectivity index (χ0) is 12.7. The molecule has 0 aromatic carbocycles. The fraction of sp³-hybridized carbons (Fsp3) is 0.417. The molecule has 5 heteroatoms. The summed E-state index contributed by atoms with van der Waals surface area (Å²) in [6.45, 7) is 2.05. The molecule has 1 unspecified atom stereocenters. The summed E-state index contributed by atoms with van der Waals surface area (Å²) in [6.07, 6.45) is 2.85. The maximum atomic E-state index is 11.6. The van der Waals surface area contributed by atoms with Crippen LogP contribution < -0.4 is 5.32 Å². The molecular formula is C12H16N2O3. The second kappa shape index (κ2) is 6.62. The third kappa shape index (κ3) is 4.22. The maximum Gasteiger partial charge on any atom is 0.308 e. The Bertz CT molecular complexity index is 379. The molecule has 1 aromatic heterocycles. The third-order valence-corrected chi connectivity index (χ3v) is 2.39. The van der Waals surface area contributed by atoms with E-state index < -0.39 is 11.9 Å². The summed E-state index contributed by atoms with van der Waals surface area (Å²) in [7, 11) is 0. The Morgan fingerprint density at radius 1 is 1.47 bits per heavy atom. The first kappa shape index (κ1) is 13.2. The van der Waals surface area contributed by atoms with Gasteiger partial charge < -0.3 is 10.4 Å². The standard InChI is InChI=1S/C12H16N2O3/c1-2-5-9(12(16)17)8-14-11(15)10-6-3-4-7-13-10/h3-4,6-7,9H,2,5,8H2,1H3,(H,14,15)(H,16,17). The molecule has 92 valence electrons. The van der Waals surface area contributed by atoms with Crippen molar-refractivity contribution in [2.45, 2.75) is 19.8 Å². The zero-order valence-electron chi connectivity index (χ0n) is 9.72. The summed E-state index contributed by atoms with van der Waals surface area (Å²) in [5, 5.41) is 11.5. The summed E-state index contributed by atoms with van der Waals surface area (Å²) in [4.78, 5) is 26.4. The Morgan fingerprint density at radius 2 is 2.24 bits per heavy atom. The summed E-state index contributed by atoms with van der Waals surface area (Å²) in [6, 6.07) is 5.02. The van der Waals surface area contributed by atoms with E-state index in [9.17, 15) is 9.59 Å². The van der Waals surface area contributed by atoms with Crippen molar-refractivity contribution in [3.8, 4) is 0 Å². The fourth-order valence-corrected chi connectivity index (χ4v) is 1.46. The van der Waals surface area contributed by atoms with E-state index in [1.165, 1.54) is 6.20 Å². The van der Waals surface area contributed by atoms with Gasteiger partial charge in [0.2, 0.25) is 0 Å². The molecule has 0 aliphatic rings. The molecule has 2 N–H and O–H groups in total. The minimum absolute atomic E-state index is 0.137. The minimum Gasteiger partial charge on any atom is -0.481 e. The van der Waals surface area contributed by atoms with Crippen molar-refractivity contribution in [3.05, 3.63) is 30.1 Å². The first-order chi connectivity index (χ1) is 8.15. The van der Waals surface area contributed by atoms with Gasteiger partial charge in [0.1, 0.15) is 5.69 Å². The Morgan fingerprint density at radius 3 is 2.76 bits per heavy atom. The van der Waals surface area contributed by atoms with E-state index in [0.717, 1.165) is 6.42 Å². The minimum atomic E-state index is -0.881. The maximum absolute atomic E-state index is 11.6. The van der Waals surface area contributed by atoms with Gasteiger partial charge in [-0.15, -0.1) is 0 Å². The molecule has 0 aliphatic heterocycles. The van der Waals surface area contributed by atoms with Crippen LogP contribution >= 0.6 is 0 Å². The Labute approximate surface area is 99.9 Å². The van der Waals surface area contributed by atoms with E-state index >= 15 is 0 Å². The molecule has 0 saturated heterocycles. The van der Waals surface area contributed by atoms with Crippen molar-refractivity contribution in [1.29, 1.82) is 0 Å². The number of amides is 1. The van der Waals surface area contributed by atoms with Gasteiger partial charge in [-0.25, -0.2) is 0 Å². The van der Waals surface area contributed by atoms with E-state index in [1.54, 1.807) is 18.2 Å². The molecule has 1 amide bonds. The summed E-state index contributed by atoms with van der Waals surface area (Å²) < 4.78 is 0. The number of aromatic nitrogens is 1. The summed E-state index contributed by atoms with van der Waals surface area (Å²) >= 11 is 0. The van der Waals surface area contributed by atoms with Crippen molar-refractivity contribution in [2.75, 3.05) is 6.54 Å². The SMILES string of the molecule is CCCC(CNC(=O)c1ccccn1)C(=O)O. The topological polar surface area (TPSA) is 79.3 Å². The molecule has 1 atom stereocenters. The number of carboxylic acid groups (broad SMARTS) is 1. The van der Waals surface area contributed by atoms with E-state index in [4.69, 9.17) is 5.11 Å². The molecule has 0 spiro atoms. The van der Waals surface area contributed by atoms with Gasteiger partial charge in [-0.1, -0.05) is 19.4 Å². The van der Waals surface area contributed by atoms with Crippen molar-refractivity contribution >= 4 is 11.9 Å². The second-order valence-corrected chi connectivity index (χ2v) is 3.75. The number of aliphatic carboxylic acids is 1. The second-order valence-electron chi connectivity index (χ2n) is 3.75.